The lowest BCUT2D eigenvalue weighted by Gasteiger charge is -2.09. The molecule has 0 saturated heterocycles. The molecule has 15 heavy (non-hydrogen) atoms. The molecule has 1 aromatic carbocycles. The first-order valence-electron chi connectivity index (χ1n) is 4.90. The Morgan fingerprint density at radius 1 is 1.40 bits per heavy atom. The Balaban J connectivity index is 2.95. The van der Waals surface area contributed by atoms with E-state index in [-0.39, 0.29) is 10.6 Å². The van der Waals surface area contributed by atoms with Gasteiger partial charge in [-0.1, -0.05) is 63.9 Å². The first-order chi connectivity index (χ1) is 7.06. The van der Waals surface area contributed by atoms with E-state index in [4.69, 9.17) is 0 Å². The van der Waals surface area contributed by atoms with Crippen molar-refractivity contribution < 1.29 is 4.79 Å². The Labute approximate surface area is 108 Å². The van der Waals surface area contributed by atoms with Gasteiger partial charge in [0.15, 0.2) is 5.78 Å². The number of carbonyl (C=O) groups excluding carboxylic acids is 1. The van der Waals surface area contributed by atoms with Crippen molar-refractivity contribution in [3.63, 3.8) is 0 Å². The maximum Gasteiger partial charge on any atom is 0.177 e. The molecule has 0 aromatic heterocycles. The van der Waals surface area contributed by atoms with Gasteiger partial charge in [0.2, 0.25) is 0 Å². The molecule has 0 fully saturated rings. The molecule has 1 rings (SSSR count). The Bertz CT molecular complexity index is 347. The van der Waals surface area contributed by atoms with Crippen LogP contribution in [0.5, 0.6) is 0 Å². The van der Waals surface area contributed by atoms with Gasteiger partial charge in [-0.3, -0.25) is 4.79 Å². The third-order valence-electron chi connectivity index (χ3n) is 2.26. The van der Waals surface area contributed by atoms with Gasteiger partial charge < -0.3 is 0 Å². The number of benzene rings is 1. The van der Waals surface area contributed by atoms with Crippen LogP contribution in [-0.4, -0.2) is 15.9 Å². The van der Waals surface area contributed by atoms with E-state index < -0.39 is 0 Å². The smallest absolute Gasteiger partial charge is 0.177 e. The molecule has 0 spiro atoms. The minimum atomic E-state index is -0.139. The minimum absolute atomic E-state index is 0.134. The number of Topliss-reactive ketones (excluding diaryl/α,β-unsaturated/α-hetero) is 1. The summed E-state index contributed by atoms with van der Waals surface area (Å²) in [5.41, 5.74) is 1.98. The number of hydrogen-bond acceptors (Lipinski definition) is 1. The predicted octanol–water partition coefficient (Wildman–Crippen LogP) is 4.15. The van der Waals surface area contributed by atoms with E-state index in [1.165, 1.54) is 5.56 Å². The number of carbonyl (C=O) groups is 1. The summed E-state index contributed by atoms with van der Waals surface area (Å²) >= 11 is 6.64. The van der Waals surface area contributed by atoms with Crippen LogP contribution in [0.2, 0.25) is 0 Å². The molecule has 0 aliphatic rings. The Hall–Kier alpha value is -0.150. The lowest BCUT2D eigenvalue weighted by Crippen LogP contribution is -2.15. The zero-order valence-corrected chi connectivity index (χ0v) is 12.0. The number of rotatable bonds is 4. The molecule has 1 unspecified atom stereocenters. The third-order valence-corrected chi connectivity index (χ3v) is 4.51. The van der Waals surface area contributed by atoms with Crippen molar-refractivity contribution >= 4 is 37.6 Å². The summed E-state index contributed by atoms with van der Waals surface area (Å²) in [7, 11) is 0. The van der Waals surface area contributed by atoms with Gasteiger partial charge in [0.25, 0.3) is 0 Å². The van der Waals surface area contributed by atoms with Crippen LogP contribution >= 0.6 is 31.9 Å². The van der Waals surface area contributed by atoms with Gasteiger partial charge in [-0.15, -0.1) is 0 Å². The number of halogens is 2. The summed E-state index contributed by atoms with van der Waals surface area (Å²) in [4.78, 5) is 11.7. The molecule has 0 saturated carbocycles. The highest BCUT2D eigenvalue weighted by Gasteiger charge is 2.15. The van der Waals surface area contributed by atoms with Crippen molar-refractivity contribution in [3.05, 3.63) is 35.4 Å². The topological polar surface area (TPSA) is 17.1 Å². The summed E-state index contributed by atoms with van der Waals surface area (Å²) in [6.07, 6.45) is 0. The fraction of sp³-hybridized carbons (Fsp3) is 0.417. The molecule has 0 radical (unpaired) electrons. The van der Waals surface area contributed by atoms with Gasteiger partial charge in [0.05, 0.1) is 4.83 Å². The SMILES string of the molecule is CC(C)c1cccc(C(=O)C(Br)CBr)c1. The molecule has 0 bridgehead atoms. The van der Waals surface area contributed by atoms with Crippen molar-refractivity contribution in [2.24, 2.45) is 0 Å². The van der Waals surface area contributed by atoms with E-state index in [9.17, 15) is 4.79 Å². The van der Waals surface area contributed by atoms with Crippen molar-refractivity contribution in [1.29, 1.82) is 0 Å². The third kappa shape index (κ3) is 3.42. The highest BCUT2D eigenvalue weighted by Crippen LogP contribution is 2.18. The minimum Gasteiger partial charge on any atom is -0.293 e. The molecule has 0 N–H and O–H groups in total. The quantitative estimate of drug-likeness (QED) is 0.597. The van der Waals surface area contributed by atoms with Gasteiger partial charge in [0, 0.05) is 10.9 Å². The number of alkyl halides is 2. The van der Waals surface area contributed by atoms with Gasteiger partial charge in [-0.2, -0.15) is 0 Å². The monoisotopic (exact) mass is 332 g/mol. The zero-order valence-electron chi connectivity index (χ0n) is 8.84. The van der Waals surface area contributed by atoms with Crippen LogP contribution in [0.3, 0.4) is 0 Å². The molecule has 0 heterocycles. The van der Waals surface area contributed by atoms with E-state index >= 15 is 0 Å². The van der Waals surface area contributed by atoms with Gasteiger partial charge in [-0.25, -0.2) is 0 Å². The fourth-order valence-corrected chi connectivity index (χ4v) is 1.86. The van der Waals surface area contributed by atoms with E-state index in [2.05, 4.69) is 51.8 Å². The summed E-state index contributed by atoms with van der Waals surface area (Å²) in [5, 5.41) is 0.637. The van der Waals surface area contributed by atoms with Crippen molar-refractivity contribution in [1.82, 2.24) is 0 Å². The lowest BCUT2D eigenvalue weighted by molar-refractivity contribution is 0.0997. The van der Waals surface area contributed by atoms with Crippen LogP contribution in [0.4, 0.5) is 0 Å². The molecule has 1 aromatic rings. The highest BCUT2D eigenvalue weighted by atomic mass is 79.9. The largest absolute Gasteiger partial charge is 0.293 e. The number of ketones is 1. The van der Waals surface area contributed by atoms with Crippen molar-refractivity contribution in [2.45, 2.75) is 24.6 Å². The van der Waals surface area contributed by atoms with E-state index in [0.717, 1.165) is 5.56 Å². The molecular formula is C12H14Br2O. The Morgan fingerprint density at radius 3 is 2.60 bits per heavy atom. The molecule has 1 atom stereocenters. The van der Waals surface area contributed by atoms with Gasteiger partial charge in [0.1, 0.15) is 0 Å². The summed E-state index contributed by atoms with van der Waals surface area (Å²) in [5.74, 6) is 0.588. The first kappa shape index (κ1) is 12.9. The van der Waals surface area contributed by atoms with Crippen molar-refractivity contribution in [2.75, 3.05) is 5.33 Å². The van der Waals surface area contributed by atoms with Crippen LogP contribution in [0.15, 0.2) is 24.3 Å². The predicted molar refractivity (Wildman–Crippen MR) is 71.4 cm³/mol. The lowest BCUT2D eigenvalue weighted by atomic mass is 9.99. The average Bonchev–Trinajstić information content (AvgIpc) is 2.27. The van der Waals surface area contributed by atoms with E-state index in [1.54, 1.807) is 0 Å². The molecule has 0 aliphatic carbocycles. The molecule has 0 aliphatic heterocycles. The second-order valence-electron chi connectivity index (χ2n) is 3.77. The van der Waals surface area contributed by atoms with Crippen LogP contribution in [-0.2, 0) is 0 Å². The molecule has 1 nitrogen and oxygen atoms in total. The summed E-state index contributed by atoms with van der Waals surface area (Å²) in [6.45, 7) is 4.25. The Morgan fingerprint density at radius 2 is 2.07 bits per heavy atom. The van der Waals surface area contributed by atoms with Crippen LogP contribution in [0.25, 0.3) is 0 Å². The number of hydrogen-bond donors (Lipinski definition) is 0. The van der Waals surface area contributed by atoms with Gasteiger partial charge >= 0.3 is 0 Å². The average molecular weight is 334 g/mol. The van der Waals surface area contributed by atoms with Crippen LogP contribution < -0.4 is 0 Å². The molecular weight excluding hydrogens is 320 g/mol. The second kappa shape index (κ2) is 5.80. The standard InChI is InChI=1S/C12H14Br2O/c1-8(2)9-4-3-5-10(6-9)12(15)11(14)7-13/h3-6,8,11H,7H2,1-2H3. The van der Waals surface area contributed by atoms with Crippen molar-refractivity contribution in [3.8, 4) is 0 Å². The molecule has 3 heteroatoms. The highest BCUT2D eigenvalue weighted by molar-refractivity contribution is 9.12. The second-order valence-corrected chi connectivity index (χ2v) is 5.52. The maximum atomic E-state index is 11.9. The Kier molecular flexibility index (Phi) is 5.00. The maximum absolute atomic E-state index is 11.9. The fourth-order valence-electron chi connectivity index (χ4n) is 1.30. The van der Waals surface area contributed by atoms with E-state index in [0.29, 0.717) is 11.2 Å². The summed E-state index contributed by atoms with van der Waals surface area (Å²) < 4.78 is 0. The first-order valence-corrected chi connectivity index (χ1v) is 6.94. The molecule has 0 amide bonds. The zero-order chi connectivity index (χ0) is 11.4. The van der Waals surface area contributed by atoms with Crippen LogP contribution in [0.1, 0.15) is 35.7 Å². The van der Waals surface area contributed by atoms with Gasteiger partial charge in [-0.05, 0) is 17.5 Å². The normalized spacial score (nSPS) is 12.9. The van der Waals surface area contributed by atoms with Crippen LogP contribution in [0, 0.1) is 0 Å². The molecule has 82 valence electrons. The van der Waals surface area contributed by atoms with E-state index in [1.807, 2.05) is 18.2 Å². The summed E-state index contributed by atoms with van der Waals surface area (Å²) in [6, 6.07) is 7.84.